The largest absolute Gasteiger partial charge is 0.481 e. The Morgan fingerprint density at radius 3 is 3.11 bits per heavy atom. The highest BCUT2D eigenvalue weighted by atomic mass is 32.2. The van der Waals surface area contributed by atoms with Gasteiger partial charge in [-0.15, -0.1) is 11.3 Å². The Morgan fingerprint density at radius 1 is 1.61 bits per heavy atom. The fraction of sp³-hybridized carbons (Fsp3) is 0.500. The summed E-state index contributed by atoms with van der Waals surface area (Å²) >= 11 is 3.43. The van der Waals surface area contributed by atoms with Crippen molar-refractivity contribution in [1.82, 2.24) is 9.38 Å². The predicted octanol–water partition coefficient (Wildman–Crippen LogP) is 2.88. The van der Waals surface area contributed by atoms with Gasteiger partial charge in [0.1, 0.15) is 0 Å². The van der Waals surface area contributed by atoms with Gasteiger partial charge >= 0.3 is 5.97 Å². The van der Waals surface area contributed by atoms with Gasteiger partial charge in [-0.3, -0.25) is 9.20 Å². The van der Waals surface area contributed by atoms with Crippen molar-refractivity contribution < 1.29 is 9.90 Å². The molecule has 1 saturated carbocycles. The second kappa shape index (κ2) is 4.59. The number of aliphatic carboxylic acids is 1. The van der Waals surface area contributed by atoms with Crippen molar-refractivity contribution in [3.8, 4) is 0 Å². The molecule has 3 rings (SSSR count). The number of aromatic nitrogens is 2. The van der Waals surface area contributed by atoms with E-state index in [2.05, 4.69) is 11.2 Å². The molecule has 2 aromatic heterocycles. The summed E-state index contributed by atoms with van der Waals surface area (Å²) in [4.78, 5) is 16.3. The monoisotopic (exact) mass is 282 g/mol. The number of hydrogen-bond acceptors (Lipinski definition) is 4. The molecule has 2 aromatic rings. The maximum Gasteiger partial charge on any atom is 0.303 e. The van der Waals surface area contributed by atoms with E-state index in [4.69, 9.17) is 5.11 Å². The summed E-state index contributed by atoms with van der Waals surface area (Å²) < 4.78 is 2.03. The van der Waals surface area contributed by atoms with Crippen molar-refractivity contribution >= 4 is 34.0 Å². The van der Waals surface area contributed by atoms with Crippen LogP contribution < -0.4 is 0 Å². The molecule has 1 N–H and O–H groups in total. The highest BCUT2D eigenvalue weighted by Gasteiger charge is 2.44. The lowest BCUT2D eigenvalue weighted by Crippen LogP contribution is -2.11. The highest BCUT2D eigenvalue weighted by Crippen LogP contribution is 2.51. The van der Waals surface area contributed by atoms with Crippen molar-refractivity contribution in [3.63, 3.8) is 0 Å². The third-order valence-corrected chi connectivity index (χ3v) is 5.37. The van der Waals surface area contributed by atoms with E-state index in [0.717, 1.165) is 35.0 Å². The Kier molecular flexibility index (Phi) is 3.07. The van der Waals surface area contributed by atoms with Crippen LogP contribution in [0, 0.1) is 5.41 Å². The minimum atomic E-state index is -0.671. The average molecular weight is 282 g/mol. The van der Waals surface area contributed by atoms with Crippen LogP contribution >= 0.6 is 23.1 Å². The van der Waals surface area contributed by atoms with Crippen molar-refractivity contribution in [2.75, 3.05) is 5.75 Å². The molecule has 1 aliphatic rings. The molecule has 1 aliphatic carbocycles. The molecule has 0 aliphatic heterocycles. The number of thioether (sulfide) groups is 1. The molecular formula is C12H14N2O2S2. The van der Waals surface area contributed by atoms with Gasteiger partial charge in [0.25, 0.3) is 0 Å². The van der Waals surface area contributed by atoms with Crippen LogP contribution in [0.3, 0.4) is 0 Å². The highest BCUT2D eigenvalue weighted by molar-refractivity contribution is 7.98. The molecule has 2 heterocycles. The number of rotatable bonds is 6. The topological polar surface area (TPSA) is 54.6 Å². The Morgan fingerprint density at radius 2 is 2.44 bits per heavy atom. The number of hydrogen-bond donors (Lipinski definition) is 1. The Labute approximate surface area is 113 Å². The molecule has 96 valence electrons. The second-order valence-electron chi connectivity index (χ2n) is 4.89. The van der Waals surface area contributed by atoms with Gasteiger partial charge in [-0.1, -0.05) is 0 Å². The van der Waals surface area contributed by atoms with Crippen LogP contribution in [0.1, 0.15) is 25.0 Å². The van der Waals surface area contributed by atoms with Crippen molar-refractivity contribution in [1.29, 1.82) is 0 Å². The minimum absolute atomic E-state index is 0.0770. The first-order chi connectivity index (χ1) is 8.67. The molecule has 0 unspecified atom stereocenters. The van der Waals surface area contributed by atoms with E-state index >= 15 is 0 Å². The first kappa shape index (κ1) is 12.0. The number of carboxylic acids is 1. The van der Waals surface area contributed by atoms with Gasteiger partial charge in [0.15, 0.2) is 4.96 Å². The number of imidazole rings is 1. The summed E-state index contributed by atoms with van der Waals surface area (Å²) in [6, 6.07) is 0. The van der Waals surface area contributed by atoms with E-state index in [0.29, 0.717) is 6.42 Å². The molecule has 0 bridgehead atoms. The van der Waals surface area contributed by atoms with Crippen molar-refractivity contribution in [3.05, 3.63) is 23.5 Å². The van der Waals surface area contributed by atoms with Crippen LogP contribution in [-0.2, 0) is 10.5 Å². The minimum Gasteiger partial charge on any atom is -0.481 e. The van der Waals surface area contributed by atoms with Crippen LogP contribution in [0.25, 0.3) is 4.96 Å². The standard InChI is InChI=1S/C12H14N2O2S2/c15-10(16)5-12(1-2-12)8-17-7-9-6-14-3-4-18-11(14)13-9/h3-4,6H,1-2,5,7-8H2,(H,15,16). The van der Waals surface area contributed by atoms with Crippen molar-refractivity contribution in [2.45, 2.75) is 25.0 Å². The van der Waals surface area contributed by atoms with E-state index in [1.54, 1.807) is 23.1 Å². The molecule has 0 aromatic carbocycles. The van der Waals surface area contributed by atoms with E-state index in [9.17, 15) is 4.79 Å². The SMILES string of the molecule is O=C(O)CC1(CSCc2cn3ccsc3n2)CC1. The summed E-state index contributed by atoms with van der Waals surface area (Å²) in [7, 11) is 0. The molecule has 0 saturated heterocycles. The summed E-state index contributed by atoms with van der Waals surface area (Å²) in [6.45, 7) is 0. The van der Waals surface area contributed by atoms with Gasteiger partial charge in [-0.25, -0.2) is 4.98 Å². The molecule has 4 nitrogen and oxygen atoms in total. The third kappa shape index (κ3) is 2.54. The molecule has 6 heteroatoms. The zero-order valence-corrected chi connectivity index (χ0v) is 11.5. The fourth-order valence-electron chi connectivity index (χ4n) is 2.09. The van der Waals surface area contributed by atoms with Crippen LogP contribution in [0.4, 0.5) is 0 Å². The van der Waals surface area contributed by atoms with Gasteiger partial charge in [-0.05, 0) is 24.0 Å². The Bertz CT molecular complexity index is 543. The Hall–Kier alpha value is -1.01. The maximum atomic E-state index is 10.7. The molecule has 0 atom stereocenters. The van der Waals surface area contributed by atoms with E-state index in [1.165, 1.54) is 0 Å². The summed E-state index contributed by atoms with van der Waals surface area (Å²) in [5.41, 5.74) is 1.16. The van der Waals surface area contributed by atoms with Crippen LogP contribution in [0.2, 0.25) is 0 Å². The number of nitrogens with zero attached hydrogens (tertiary/aromatic N) is 2. The molecular weight excluding hydrogens is 268 g/mol. The number of carboxylic acid groups (broad SMARTS) is 1. The average Bonchev–Trinajstić information content (AvgIpc) is 2.73. The first-order valence-corrected chi connectivity index (χ1v) is 7.91. The number of fused-ring (bicyclic) bond motifs is 1. The number of thiazole rings is 1. The lowest BCUT2D eigenvalue weighted by Gasteiger charge is -2.10. The predicted molar refractivity (Wildman–Crippen MR) is 73.2 cm³/mol. The number of carbonyl (C=O) groups is 1. The summed E-state index contributed by atoms with van der Waals surface area (Å²) in [6.07, 6.45) is 6.50. The summed E-state index contributed by atoms with van der Waals surface area (Å²) in [5, 5.41) is 10.9. The zero-order valence-electron chi connectivity index (χ0n) is 9.83. The fourth-order valence-corrected chi connectivity index (χ4v) is 4.08. The third-order valence-electron chi connectivity index (χ3n) is 3.28. The molecule has 0 radical (unpaired) electrons. The van der Waals surface area contributed by atoms with E-state index < -0.39 is 5.97 Å². The van der Waals surface area contributed by atoms with E-state index in [1.807, 2.05) is 16.0 Å². The van der Waals surface area contributed by atoms with Crippen LogP contribution in [-0.4, -0.2) is 26.2 Å². The van der Waals surface area contributed by atoms with Crippen molar-refractivity contribution in [2.24, 2.45) is 5.41 Å². The lowest BCUT2D eigenvalue weighted by atomic mass is 10.1. The molecule has 1 fully saturated rings. The molecule has 0 amide bonds. The molecule has 0 spiro atoms. The maximum absolute atomic E-state index is 10.7. The normalized spacial score (nSPS) is 17.1. The first-order valence-electron chi connectivity index (χ1n) is 5.88. The van der Waals surface area contributed by atoms with Gasteiger partial charge in [0.2, 0.25) is 0 Å². The van der Waals surface area contributed by atoms with Gasteiger partial charge < -0.3 is 5.11 Å². The lowest BCUT2D eigenvalue weighted by molar-refractivity contribution is -0.138. The molecule has 18 heavy (non-hydrogen) atoms. The quantitative estimate of drug-likeness (QED) is 0.885. The zero-order chi connectivity index (χ0) is 12.6. The smallest absolute Gasteiger partial charge is 0.303 e. The summed E-state index contributed by atoms with van der Waals surface area (Å²) in [5.74, 6) is 1.14. The van der Waals surface area contributed by atoms with Gasteiger partial charge in [-0.2, -0.15) is 11.8 Å². The van der Waals surface area contributed by atoms with Gasteiger partial charge in [0.05, 0.1) is 12.1 Å². The second-order valence-corrected chi connectivity index (χ2v) is 6.75. The van der Waals surface area contributed by atoms with E-state index in [-0.39, 0.29) is 5.41 Å². The van der Waals surface area contributed by atoms with Crippen LogP contribution in [0.15, 0.2) is 17.8 Å². The van der Waals surface area contributed by atoms with Gasteiger partial charge in [0, 0.05) is 23.5 Å². The Balaban J connectivity index is 1.53. The van der Waals surface area contributed by atoms with Crippen LogP contribution in [0.5, 0.6) is 0 Å².